The van der Waals surface area contributed by atoms with Crippen molar-refractivity contribution in [2.24, 2.45) is 0 Å². The van der Waals surface area contributed by atoms with Crippen molar-refractivity contribution < 1.29 is 0 Å². The molecular weight excluding hydrogens is 210 g/mol. The SMILES string of the molecule is CNCCCc1nc2ccccc2n1C(C)C. The van der Waals surface area contributed by atoms with E-state index in [1.54, 1.807) is 0 Å². The fourth-order valence-electron chi connectivity index (χ4n) is 2.27. The quantitative estimate of drug-likeness (QED) is 0.802. The Kier molecular flexibility index (Phi) is 3.79. The summed E-state index contributed by atoms with van der Waals surface area (Å²) in [4.78, 5) is 4.74. The second-order valence-electron chi connectivity index (χ2n) is 4.69. The minimum absolute atomic E-state index is 0.465. The zero-order valence-corrected chi connectivity index (χ0v) is 10.9. The summed E-state index contributed by atoms with van der Waals surface area (Å²) in [5, 5.41) is 3.18. The first-order valence-corrected chi connectivity index (χ1v) is 6.34. The highest BCUT2D eigenvalue weighted by molar-refractivity contribution is 5.76. The van der Waals surface area contributed by atoms with E-state index in [1.807, 2.05) is 7.05 Å². The molecule has 1 heterocycles. The summed E-state index contributed by atoms with van der Waals surface area (Å²) in [6.45, 7) is 5.48. The van der Waals surface area contributed by atoms with Crippen LogP contribution in [0.15, 0.2) is 24.3 Å². The Morgan fingerprint density at radius 3 is 2.76 bits per heavy atom. The number of rotatable bonds is 5. The number of benzene rings is 1. The largest absolute Gasteiger partial charge is 0.325 e. The molecule has 0 aliphatic carbocycles. The maximum atomic E-state index is 4.74. The smallest absolute Gasteiger partial charge is 0.110 e. The van der Waals surface area contributed by atoms with Crippen LogP contribution in [0.25, 0.3) is 11.0 Å². The average Bonchev–Trinajstić information content (AvgIpc) is 2.67. The van der Waals surface area contributed by atoms with Gasteiger partial charge in [0, 0.05) is 12.5 Å². The van der Waals surface area contributed by atoms with Gasteiger partial charge in [-0.1, -0.05) is 12.1 Å². The third kappa shape index (κ3) is 2.50. The summed E-state index contributed by atoms with van der Waals surface area (Å²) < 4.78 is 2.35. The van der Waals surface area contributed by atoms with E-state index in [9.17, 15) is 0 Å². The summed E-state index contributed by atoms with van der Waals surface area (Å²) in [7, 11) is 1.99. The lowest BCUT2D eigenvalue weighted by Crippen LogP contribution is -2.11. The summed E-state index contributed by atoms with van der Waals surface area (Å²) in [6, 6.07) is 8.85. The number of nitrogens with zero attached hydrogens (tertiary/aromatic N) is 2. The van der Waals surface area contributed by atoms with Crippen molar-refractivity contribution in [1.82, 2.24) is 14.9 Å². The second kappa shape index (κ2) is 5.32. The molecule has 1 aromatic carbocycles. The molecule has 0 fully saturated rings. The van der Waals surface area contributed by atoms with Gasteiger partial charge in [0.1, 0.15) is 5.82 Å². The van der Waals surface area contributed by atoms with E-state index in [0.29, 0.717) is 6.04 Å². The molecule has 17 heavy (non-hydrogen) atoms. The molecule has 0 atom stereocenters. The van der Waals surface area contributed by atoms with Crippen LogP contribution < -0.4 is 5.32 Å². The van der Waals surface area contributed by atoms with E-state index in [4.69, 9.17) is 4.98 Å². The van der Waals surface area contributed by atoms with E-state index in [0.717, 1.165) is 24.9 Å². The molecule has 1 aromatic heterocycles. The summed E-state index contributed by atoms with van der Waals surface area (Å²) in [6.07, 6.45) is 2.17. The van der Waals surface area contributed by atoms with E-state index in [2.05, 4.69) is 48.0 Å². The van der Waals surface area contributed by atoms with E-state index in [-0.39, 0.29) is 0 Å². The first-order valence-electron chi connectivity index (χ1n) is 6.34. The fourth-order valence-corrected chi connectivity index (χ4v) is 2.27. The van der Waals surface area contributed by atoms with E-state index < -0.39 is 0 Å². The van der Waals surface area contributed by atoms with Crippen molar-refractivity contribution in [3.05, 3.63) is 30.1 Å². The highest BCUT2D eigenvalue weighted by atomic mass is 15.1. The maximum Gasteiger partial charge on any atom is 0.110 e. The molecule has 2 aromatic rings. The normalized spacial score (nSPS) is 11.5. The fraction of sp³-hybridized carbons (Fsp3) is 0.500. The lowest BCUT2D eigenvalue weighted by Gasteiger charge is -2.12. The molecule has 0 aliphatic rings. The maximum absolute atomic E-state index is 4.74. The summed E-state index contributed by atoms with van der Waals surface area (Å²) in [5.41, 5.74) is 2.36. The molecule has 0 saturated carbocycles. The van der Waals surface area contributed by atoms with Crippen LogP contribution in [0.5, 0.6) is 0 Å². The van der Waals surface area contributed by atoms with Crippen LogP contribution >= 0.6 is 0 Å². The molecule has 2 rings (SSSR count). The number of imidazole rings is 1. The van der Waals surface area contributed by atoms with Crippen LogP contribution in [0.3, 0.4) is 0 Å². The second-order valence-corrected chi connectivity index (χ2v) is 4.69. The summed E-state index contributed by atoms with van der Waals surface area (Å²) >= 11 is 0. The van der Waals surface area contributed by atoms with Gasteiger partial charge in [-0.15, -0.1) is 0 Å². The van der Waals surface area contributed by atoms with Gasteiger partial charge in [0.05, 0.1) is 11.0 Å². The van der Waals surface area contributed by atoms with Gasteiger partial charge in [-0.3, -0.25) is 0 Å². The van der Waals surface area contributed by atoms with Crippen LogP contribution in [0, 0.1) is 0 Å². The number of hydrogen-bond donors (Lipinski definition) is 1. The molecular formula is C14H21N3. The number of para-hydroxylation sites is 2. The molecule has 0 spiro atoms. The topological polar surface area (TPSA) is 29.9 Å². The Morgan fingerprint density at radius 1 is 1.29 bits per heavy atom. The van der Waals surface area contributed by atoms with Crippen molar-refractivity contribution in [2.75, 3.05) is 13.6 Å². The van der Waals surface area contributed by atoms with Crippen molar-refractivity contribution in [2.45, 2.75) is 32.7 Å². The third-order valence-corrected chi connectivity index (χ3v) is 3.01. The number of aryl methyl sites for hydroxylation is 1. The lowest BCUT2D eigenvalue weighted by molar-refractivity contribution is 0.571. The zero-order valence-electron chi connectivity index (χ0n) is 10.9. The molecule has 0 bridgehead atoms. The van der Waals surface area contributed by atoms with Gasteiger partial charge >= 0.3 is 0 Å². The molecule has 3 nitrogen and oxygen atoms in total. The van der Waals surface area contributed by atoms with E-state index in [1.165, 1.54) is 11.3 Å². The average molecular weight is 231 g/mol. The van der Waals surface area contributed by atoms with Gasteiger partial charge in [-0.2, -0.15) is 0 Å². The highest BCUT2D eigenvalue weighted by Gasteiger charge is 2.11. The Morgan fingerprint density at radius 2 is 2.06 bits per heavy atom. The van der Waals surface area contributed by atoms with E-state index >= 15 is 0 Å². The molecule has 92 valence electrons. The van der Waals surface area contributed by atoms with Gasteiger partial charge in [0.2, 0.25) is 0 Å². The molecule has 0 unspecified atom stereocenters. The van der Waals surface area contributed by atoms with Crippen molar-refractivity contribution in [3.63, 3.8) is 0 Å². The minimum Gasteiger partial charge on any atom is -0.325 e. The third-order valence-electron chi connectivity index (χ3n) is 3.01. The predicted molar refractivity (Wildman–Crippen MR) is 72.4 cm³/mol. The predicted octanol–water partition coefficient (Wildman–Crippen LogP) is 2.77. The lowest BCUT2D eigenvalue weighted by atomic mass is 10.2. The van der Waals surface area contributed by atoms with Crippen LogP contribution in [0.2, 0.25) is 0 Å². The van der Waals surface area contributed by atoms with Gasteiger partial charge in [-0.05, 0) is 46.0 Å². The Hall–Kier alpha value is -1.35. The summed E-state index contributed by atoms with van der Waals surface area (Å²) in [5.74, 6) is 1.21. The molecule has 0 saturated heterocycles. The number of fused-ring (bicyclic) bond motifs is 1. The molecule has 0 radical (unpaired) electrons. The Labute approximate surface area is 103 Å². The Bertz CT molecular complexity index is 485. The first kappa shape index (κ1) is 12.1. The zero-order chi connectivity index (χ0) is 12.3. The molecule has 0 aliphatic heterocycles. The Balaban J connectivity index is 2.36. The van der Waals surface area contributed by atoms with Crippen LogP contribution in [-0.2, 0) is 6.42 Å². The van der Waals surface area contributed by atoms with Gasteiger partial charge in [0.15, 0.2) is 0 Å². The van der Waals surface area contributed by atoms with Crippen molar-refractivity contribution in [1.29, 1.82) is 0 Å². The van der Waals surface area contributed by atoms with Gasteiger partial charge in [-0.25, -0.2) is 4.98 Å². The van der Waals surface area contributed by atoms with Crippen LogP contribution in [0.1, 0.15) is 32.1 Å². The number of nitrogens with one attached hydrogen (secondary N) is 1. The molecule has 1 N–H and O–H groups in total. The monoisotopic (exact) mass is 231 g/mol. The van der Waals surface area contributed by atoms with Crippen molar-refractivity contribution >= 4 is 11.0 Å². The minimum atomic E-state index is 0.465. The first-order chi connectivity index (χ1) is 8.24. The van der Waals surface area contributed by atoms with Crippen LogP contribution in [-0.4, -0.2) is 23.1 Å². The number of aromatic nitrogens is 2. The highest BCUT2D eigenvalue weighted by Crippen LogP contribution is 2.21. The van der Waals surface area contributed by atoms with Crippen LogP contribution in [0.4, 0.5) is 0 Å². The van der Waals surface area contributed by atoms with Gasteiger partial charge in [0.25, 0.3) is 0 Å². The standard InChI is InChI=1S/C14H21N3/c1-11(2)17-13-8-5-4-7-12(13)16-14(17)9-6-10-15-3/h4-5,7-8,11,15H,6,9-10H2,1-3H3. The van der Waals surface area contributed by atoms with Gasteiger partial charge < -0.3 is 9.88 Å². The molecule has 3 heteroatoms. The van der Waals surface area contributed by atoms with Crippen molar-refractivity contribution in [3.8, 4) is 0 Å². The molecule has 0 amide bonds. The number of hydrogen-bond acceptors (Lipinski definition) is 2.